The number of aromatic nitrogens is 3. The van der Waals surface area contributed by atoms with Gasteiger partial charge in [-0.3, -0.25) is 9.47 Å². The number of halogens is 3. The van der Waals surface area contributed by atoms with Gasteiger partial charge < -0.3 is 4.74 Å². The summed E-state index contributed by atoms with van der Waals surface area (Å²) in [5.41, 5.74) is 5.32. The van der Waals surface area contributed by atoms with Gasteiger partial charge in [0.2, 0.25) is 0 Å². The van der Waals surface area contributed by atoms with Crippen LogP contribution in [0.15, 0.2) is 61.1 Å². The van der Waals surface area contributed by atoms with Crippen molar-refractivity contribution in [3.05, 3.63) is 83.3 Å². The molecule has 2 aromatic carbocycles. The van der Waals surface area contributed by atoms with Crippen molar-refractivity contribution in [2.75, 3.05) is 19.6 Å². The number of hydrogen-bond donors (Lipinski definition) is 0. The van der Waals surface area contributed by atoms with Crippen molar-refractivity contribution in [1.82, 2.24) is 19.2 Å². The molecular weight excluding hydrogens is 529 g/mol. The molecule has 6 nitrogen and oxygen atoms in total. The largest absolute Gasteiger partial charge is 0.443 e. The summed E-state index contributed by atoms with van der Waals surface area (Å²) >= 11 is 0. The molecule has 41 heavy (non-hydrogen) atoms. The normalized spacial score (nSPS) is 18.6. The lowest BCUT2D eigenvalue weighted by Crippen LogP contribution is -2.44. The fourth-order valence-electron chi connectivity index (χ4n) is 6.15. The van der Waals surface area contributed by atoms with E-state index >= 15 is 0 Å². The van der Waals surface area contributed by atoms with Gasteiger partial charge in [0, 0.05) is 30.5 Å². The van der Waals surface area contributed by atoms with Gasteiger partial charge in [-0.15, -0.1) is 0 Å². The van der Waals surface area contributed by atoms with Crippen molar-refractivity contribution in [3.63, 3.8) is 0 Å². The molecule has 0 unspecified atom stereocenters. The van der Waals surface area contributed by atoms with Crippen molar-refractivity contribution < 1.29 is 22.7 Å². The number of fused-ring (bicyclic) bond motifs is 1. The minimum Gasteiger partial charge on any atom is -0.443 e. The molecule has 2 aromatic heterocycles. The number of ether oxygens (including phenoxy) is 1. The third-order valence-electron chi connectivity index (χ3n) is 7.88. The van der Waals surface area contributed by atoms with Crippen LogP contribution in [0.2, 0.25) is 0 Å². The number of carbonyl (C=O) groups is 1. The summed E-state index contributed by atoms with van der Waals surface area (Å²) in [6.07, 6.45) is 1.99. The molecule has 0 saturated carbocycles. The average molecular weight is 567 g/mol. The van der Waals surface area contributed by atoms with Gasteiger partial charge in [-0.1, -0.05) is 18.2 Å². The van der Waals surface area contributed by atoms with Crippen LogP contribution in [0.4, 0.5) is 18.0 Å². The predicted molar refractivity (Wildman–Crippen MR) is 154 cm³/mol. The van der Waals surface area contributed by atoms with Gasteiger partial charge in [0.25, 0.3) is 0 Å². The van der Waals surface area contributed by atoms with E-state index in [0.717, 1.165) is 38.8 Å². The molecule has 0 spiro atoms. The lowest BCUT2D eigenvalue weighted by atomic mass is 9.76. The number of carbonyl (C=O) groups excluding carboxylic acids is 1. The summed E-state index contributed by atoms with van der Waals surface area (Å²) in [5.74, 6) is 0.0472. The number of aryl methyl sites for hydroxylation is 2. The molecule has 0 radical (unpaired) electrons. The van der Waals surface area contributed by atoms with E-state index in [9.17, 15) is 18.0 Å². The third-order valence-corrected chi connectivity index (χ3v) is 7.88. The van der Waals surface area contributed by atoms with Crippen LogP contribution >= 0.6 is 0 Å². The van der Waals surface area contributed by atoms with Gasteiger partial charge in [-0.25, -0.2) is 9.48 Å². The molecule has 1 aliphatic rings. The Bertz CT molecular complexity index is 1520. The topological polar surface area (TPSA) is 52.3 Å². The number of benzene rings is 2. The van der Waals surface area contributed by atoms with Crippen LogP contribution in [0.25, 0.3) is 16.6 Å². The Kier molecular flexibility index (Phi) is 7.76. The maximum absolute atomic E-state index is 13.4. The summed E-state index contributed by atoms with van der Waals surface area (Å²) in [5, 5.41) is 5.26. The Balaban J connectivity index is 1.49. The Hall–Kier alpha value is -3.59. The summed E-state index contributed by atoms with van der Waals surface area (Å²) in [4.78, 5) is 14.5. The molecule has 0 bridgehead atoms. The summed E-state index contributed by atoms with van der Waals surface area (Å²) < 4.78 is 49.1. The minimum atomic E-state index is -4.24. The molecule has 1 aliphatic heterocycles. The van der Waals surface area contributed by atoms with Crippen LogP contribution in [0.5, 0.6) is 0 Å². The van der Waals surface area contributed by atoms with Gasteiger partial charge in [0.15, 0.2) is 0 Å². The molecule has 5 rings (SSSR count). The second-order valence-corrected chi connectivity index (χ2v) is 12.2. The van der Waals surface area contributed by atoms with Gasteiger partial charge in [-0.2, -0.15) is 18.3 Å². The summed E-state index contributed by atoms with van der Waals surface area (Å²) in [6.45, 7) is 9.38. The fourth-order valence-corrected chi connectivity index (χ4v) is 6.15. The van der Waals surface area contributed by atoms with E-state index in [1.807, 2.05) is 70.3 Å². The number of piperidine rings is 1. The van der Waals surface area contributed by atoms with E-state index in [1.165, 1.54) is 4.90 Å². The lowest BCUT2D eigenvalue weighted by molar-refractivity contribution is -0.149. The number of likely N-dealkylation sites (tertiary alicyclic amines) is 1. The number of rotatable bonds is 5. The van der Waals surface area contributed by atoms with Crippen molar-refractivity contribution in [2.24, 2.45) is 5.92 Å². The Labute approximate surface area is 238 Å². The van der Waals surface area contributed by atoms with Crippen molar-refractivity contribution >= 4 is 17.0 Å². The first-order valence-electron chi connectivity index (χ1n) is 14.0. The number of nitrogens with zero attached hydrogens (tertiary/aromatic N) is 4. The number of hydrogen-bond acceptors (Lipinski definition) is 4. The first-order chi connectivity index (χ1) is 19.3. The smallest absolute Gasteiger partial charge is 0.418 e. The van der Waals surface area contributed by atoms with Gasteiger partial charge >= 0.3 is 12.3 Å². The molecule has 1 fully saturated rings. The second kappa shape index (κ2) is 11.0. The zero-order chi connectivity index (χ0) is 29.5. The zero-order valence-corrected chi connectivity index (χ0v) is 24.2. The van der Waals surface area contributed by atoms with Crippen LogP contribution in [-0.2, 0) is 11.2 Å². The molecule has 1 saturated heterocycles. The molecule has 0 amide bonds. The van der Waals surface area contributed by atoms with Crippen LogP contribution in [-0.4, -0.2) is 56.8 Å². The number of alkyl halides is 3. The Morgan fingerprint density at radius 2 is 1.78 bits per heavy atom. The molecule has 218 valence electrons. The molecule has 2 atom stereocenters. The molecule has 0 N–H and O–H groups in total. The Morgan fingerprint density at radius 1 is 1.05 bits per heavy atom. The summed E-state index contributed by atoms with van der Waals surface area (Å²) in [6, 6.07) is 13.9. The van der Waals surface area contributed by atoms with Gasteiger partial charge in [0.05, 0.1) is 17.7 Å². The molecule has 9 heteroatoms. The maximum atomic E-state index is 13.4. The van der Waals surface area contributed by atoms with E-state index in [2.05, 4.69) is 18.1 Å². The average Bonchev–Trinajstić information content (AvgIpc) is 3.56. The highest BCUT2D eigenvalue weighted by Crippen LogP contribution is 2.39. The fraction of sp³-hybridized carbons (Fsp3) is 0.438. The molecular formula is C32H37F3N4O2. The quantitative estimate of drug-likeness (QED) is 0.252. The van der Waals surface area contributed by atoms with Gasteiger partial charge in [0.1, 0.15) is 5.60 Å². The van der Waals surface area contributed by atoms with Gasteiger partial charge in [-0.05, 0) is 112 Å². The maximum Gasteiger partial charge on any atom is 0.418 e. The second-order valence-electron chi connectivity index (χ2n) is 12.2. The monoisotopic (exact) mass is 566 g/mol. The van der Waals surface area contributed by atoms with E-state index in [4.69, 9.17) is 4.74 Å². The third kappa shape index (κ3) is 6.50. The zero-order valence-electron chi connectivity index (χ0n) is 24.2. The van der Waals surface area contributed by atoms with Crippen LogP contribution < -0.4 is 0 Å². The lowest BCUT2D eigenvalue weighted by Gasteiger charge is -2.39. The standard InChI is InChI=1S/C32H37F3N4O2/c1-21-17-22(2)29-26(12-16-38(29)30(40)41-31(3,4)5)27(21)18-24-11-15-37(20-32(33,34)35)19-28(24)23-7-9-25(10-8-23)39-14-6-13-36-39/h6-10,12-14,16-17,24,28H,11,15,18-20H2,1-5H3/t24-,28-/m0/s1. The summed E-state index contributed by atoms with van der Waals surface area (Å²) in [7, 11) is 0. The highest BCUT2D eigenvalue weighted by molar-refractivity contribution is 5.94. The highest BCUT2D eigenvalue weighted by Gasteiger charge is 2.37. The van der Waals surface area contributed by atoms with E-state index in [0.29, 0.717) is 25.9 Å². The SMILES string of the molecule is Cc1cc(C)c2c(ccn2C(=O)OC(C)(C)C)c1C[C@@H]1CCN(CC(F)(F)F)C[C@H]1c1ccc(-n2cccn2)cc1. The minimum absolute atomic E-state index is 0.0820. The van der Waals surface area contributed by atoms with E-state index in [1.54, 1.807) is 21.6 Å². The highest BCUT2D eigenvalue weighted by atomic mass is 19.4. The van der Waals surface area contributed by atoms with Crippen LogP contribution in [0.1, 0.15) is 55.4 Å². The van der Waals surface area contributed by atoms with Crippen molar-refractivity contribution in [1.29, 1.82) is 0 Å². The van der Waals surface area contributed by atoms with Crippen LogP contribution in [0.3, 0.4) is 0 Å². The first-order valence-corrected chi connectivity index (χ1v) is 14.0. The van der Waals surface area contributed by atoms with Crippen molar-refractivity contribution in [2.45, 2.75) is 65.2 Å². The Morgan fingerprint density at radius 3 is 2.41 bits per heavy atom. The predicted octanol–water partition coefficient (Wildman–Crippen LogP) is 7.44. The molecule has 4 aromatic rings. The van der Waals surface area contributed by atoms with Crippen LogP contribution in [0, 0.1) is 19.8 Å². The van der Waals surface area contributed by atoms with E-state index < -0.39 is 24.4 Å². The molecule has 0 aliphatic carbocycles. The molecule has 3 heterocycles. The van der Waals surface area contributed by atoms with Crippen molar-refractivity contribution in [3.8, 4) is 5.69 Å². The first kappa shape index (κ1) is 28.9. The van der Waals surface area contributed by atoms with E-state index in [-0.39, 0.29) is 11.8 Å².